The topological polar surface area (TPSA) is 87.0 Å². The molecular formula is C13H17FO5. The van der Waals surface area contributed by atoms with Crippen LogP contribution in [0.1, 0.15) is 35.4 Å². The van der Waals surface area contributed by atoms with E-state index in [1.54, 1.807) is 6.92 Å². The summed E-state index contributed by atoms with van der Waals surface area (Å²) in [5.74, 6) is -1.59. The van der Waals surface area contributed by atoms with Gasteiger partial charge in [0.15, 0.2) is 0 Å². The lowest BCUT2D eigenvalue weighted by Crippen LogP contribution is -2.20. The SMILES string of the molecule is CCOC(=O)c1cc(C(O)C(O)CCO)ccc1F. The van der Waals surface area contributed by atoms with Crippen LogP contribution in [0.25, 0.3) is 0 Å². The van der Waals surface area contributed by atoms with Crippen LogP contribution in [0.3, 0.4) is 0 Å². The molecule has 1 aromatic carbocycles. The molecule has 106 valence electrons. The van der Waals surface area contributed by atoms with Gasteiger partial charge in [-0.05, 0) is 31.0 Å². The van der Waals surface area contributed by atoms with Gasteiger partial charge in [-0.3, -0.25) is 0 Å². The van der Waals surface area contributed by atoms with E-state index in [2.05, 4.69) is 4.74 Å². The van der Waals surface area contributed by atoms with E-state index in [0.717, 1.165) is 12.1 Å². The fourth-order valence-corrected chi connectivity index (χ4v) is 1.60. The van der Waals surface area contributed by atoms with Crippen molar-refractivity contribution in [1.29, 1.82) is 0 Å². The Kier molecular flexibility index (Phi) is 5.88. The van der Waals surface area contributed by atoms with Gasteiger partial charge in [-0.15, -0.1) is 0 Å². The van der Waals surface area contributed by atoms with E-state index in [4.69, 9.17) is 5.11 Å². The van der Waals surface area contributed by atoms with Crippen molar-refractivity contribution < 1.29 is 29.2 Å². The first kappa shape index (κ1) is 15.6. The van der Waals surface area contributed by atoms with E-state index in [1.165, 1.54) is 6.07 Å². The third-order valence-corrected chi connectivity index (χ3v) is 2.62. The number of hydrogen-bond acceptors (Lipinski definition) is 5. The lowest BCUT2D eigenvalue weighted by molar-refractivity contribution is 0.00407. The van der Waals surface area contributed by atoms with Gasteiger partial charge in [0.25, 0.3) is 0 Å². The Bertz CT molecular complexity index is 435. The fourth-order valence-electron chi connectivity index (χ4n) is 1.60. The number of halogens is 1. The molecule has 0 spiro atoms. The van der Waals surface area contributed by atoms with Crippen molar-refractivity contribution in [2.24, 2.45) is 0 Å². The molecule has 0 aromatic heterocycles. The van der Waals surface area contributed by atoms with Crippen molar-refractivity contribution in [3.63, 3.8) is 0 Å². The van der Waals surface area contributed by atoms with Gasteiger partial charge in [-0.25, -0.2) is 9.18 Å². The second kappa shape index (κ2) is 7.18. The molecule has 0 amide bonds. The number of aliphatic hydroxyl groups excluding tert-OH is 3. The number of carbonyl (C=O) groups is 1. The summed E-state index contributed by atoms with van der Waals surface area (Å²) < 4.78 is 18.2. The summed E-state index contributed by atoms with van der Waals surface area (Å²) in [5.41, 5.74) is -0.111. The van der Waals surface area contributed by atoms with E-state index in [-0.39, 0.29) is 30.8 Å². The maximum absolute atomic E-state index is 13.5. The zero-order valence-corrected chi connectivity index (χ0v) is 10.5. The number of hydrogen-bond donors (Lipinski definition) is 3. The molecular weight excluding hydrogens is 255 g/mol. The van der Waals surface area contributed by atoms with Crippen LogP contribution in [0, 0.1) is 5.82 Å². The highest BCUT2D eigenvalue weighted by Crippen LogP contribution is 2.22. The molecule has 1 aromatic rings. The Morgan fingerprint density at radius 1 is 1.42 bits per heavy atom. The standard InChI is InChI=1S/C13H17FO5/c1-2-19-13(18)9-7-8(3-4-10(9)14)12(17)11(16)5-6-15/h3-4,7,11-12,15-17H,2,5-6H2,1H3. The highest BCUT2D eigenvalue weighted by molar-refractivity contribution is 5.89. The van der Waals surface area contributed by atoms with E-state index < -0.39 is 24.0 Å². The minimum absolute atomic E-state index is 0.0206. The average Bonchev–Trinajstić information content (AvgIpc) is 2.39. The fraction of sp³-hybridized carbons (Fsp3) is 0.462. The lowest BCUT2D eigenvalue weighted by atomic mass is 10.00. The molecule has 2 unspecified atom stereocenters. The molecule has 3 N–H and O–H groups in total. The van der Waals surface area contributed by atoms with E-state index in [0.29, 0.717) is 0 Å². The molecule has 1 rings (SSSR count). The molecule has 0 aliphatic heterocycles. The van der Waals surface area contributed by atoms with Gasteiger partial charge in [0.1, 0.15) is 11.9 Å². The molecule has 0 aliphatic carbocycles. The van der Waals surface area contributed by atoms with Crippen LogP contribution in [0.5, 0.6) is 0 Å². The first-order valence-electron chi connectivity index (χ1n) is 5.94. The number of aliphatic hydroxyl groups is 3. The molecule has 0 fully saturated rings. The highest BCUT2D eigenvalue weighted by Gasteiger charge is 2.21. The quantitative estimate of drug-likeness (QED) is 0.666. The van der Waals surface area contributed by atoms with Crippen LogP contribution < -0.4 is 0 Å². The lowest BCUT2D eigenvalue weighted by Gasteiger charge is -2.18. The highest BCUT2D eigenvalue weighted by atomic mass is 19.1. The minimum Gasteiger partial charge on any atom is -0.462 e. The van der Waals surface area contributed by atoms with Crippen molar-refractivity contribution in [3.05, 3.63) is 35.1 Å². The molecule has 2 atom stereocenters. The monoisotopic (exact) mass is 272 g/mol. The van der Waals surface area contributed by atoms with Crippen molar-refractivity contribution in [2.75, 3.05) is 13.2 Å². The molecule has 0 saturated heterocycles. The predicted octanol–water partition coefficient (Wildman–Crippen LogP) is 0.779. The van der Waals surface area contributed by atoms with Gasteiger partial charge in [0.05, 0.1) is 18.3 Å². The molecule has 0 radical (unpaired) electrons. The Morgan fingerprint density at radius 2 is 2.11 bits per heavy atom. The second-order valence-electron chi connectivity index (χ2n) is 3.98. The van der Waals surface area contributed by atoms with Gasteiger partial charge in [-0.2, -0.15) is 0 Å². The maximum atomic E-state index is 13.5. The number of esters is 1. The van der Waals surface area contributed by atoms with Gasteiger partial charge < -0.3 is 20.1 Å². The third kappa shape index (κ3) is 3.99. The van der Waals surface area contributed by atoms with Crippen molar-refractivity contribution in [3.8, 4) is 0 Å². The van der Waals surface area contributed by atoms with Crippen LogP contribution in [0.4, 0.5) is 4.39 Å². The molecule has 6 heteroatoms. The molecule has 5 nitrogen and oxygen atoms in total. The normalized spacial score (nSPS) is 13.9. The summed E-state index contributed by atoms with van der Waals surface area (Å²) in [6.45, 7) is 1.42. The summed E-state index contributed by atoms with van der Waals surface area (Å²) in [7, 11) is 0. The van der Waals surface area contributed by atoms with Crippen molar-refractivity contribution in [1.82, 2.24) is 0 Å². The minimum atomic E-state index is -1.30. The number of ether oxygens (including phenoxy) is 1. The molecule has 0 heterocycles. The van der Waals surface area contributed by atoms with Crippen LogP contribution in [0.15, 0.2) is 18.2 Å². The zero-order chi connectivity index (χ0) is 14.4. The summed E-state index contributed by atoms with van der Waals surface area (Å²) in [5, 5.41) is 28.0. The summed E-state index contributed by atoms with van der Waals surface area (Å²) in [6.07, 6.45) is -2.51. The predicted molar refractivity (Wildman–Crippen MR) is 65.0 cm³/mol. The first-order chi connectivity index (χ1) is 9.01. The van der Waals surface area contributed by atoms with E-state index in [9.17, 15) is 19.4 Å². The molecule has 19 heavy (non-hydrogen) atoms. The van der Waals surface area contributed by atoms with E-state index in [1.807, 2.05) is 0 Å². The van der Waals surface area contributed by atoms with Gasteiger partial charge in [-0.1, -0.05) is 6.07 Å². The Balaban J connectivity index is 2.98. The zero-order valence-electron chi connectivity index (χ0n) is 10.5. The van der Waals surface area contributed by atoms with Crippen molar-refractivity contribution in [2.45, 2.75) is 25.6 Å². The summed E-state index contributed by atoms with van der Waals surface area (Å²) >= 11 is 0. The molecule has 0 aliphatic rings. The van der Waals surface area contributed by atoms with E-state index >= 15 is 0 Å². The first-order valence-corrected chi connectivity index (χ1v) is 5.94. The number of benzene rings is 1. The summed E-state index contributed by atoms with van der Waals surface area (Å²) in [4.78, 5) is 11.5. The Labute approximate surface area is 110 Å². The van der Waals surface area contributed by atoms with Crippen LogP contribution >= 0.6 is 0 Å². The van der Waals surface area contributed by atoms with Crippen molar-refractivity contribution >= 4 is 5.97 Å². The number of rotatable bonds is 6. The third-order valence-electron chi connectivity index (χ3n) is 2.62. The van der Waals surface area contributed by atoms with Gasteiger partial charge in [0, 0.05) is 6.61 Å². The maximum Gasteiger partial charge on any atom is 0.341 e. The van der Waals surface area contributed by atoms with Gasteiger partial charge >= 0.3 is 5.97 Å². The van der Waals surface area contributed by atoms with Gasteiger partial charge in [0.2, 0.25) is 0 Å². The second-order valence-corrected chi connectivity index (χ2v) is 3.98. The number of carbonyl (C=O) groups excluding carboxylic acids is 1. The van der Waals surface area contributed by atoms with Crippen LogP contribution in [-0.2, 0) is 4.74 Å². The molecule has 0 bridgehead atoms. The largest absolute Gasteiger partial charge is 0.462 e. The molecule has 0 saturated carbocycles. The average molecular weight is 272 g/mol. The Hall–Kier alpha value is -1.50. The Morgan fingerprint density at radius 3 is 2.68 bits per heavy atom. The van der Waals surface area contributed by atoms with Crippen LogP contribution in [-0.4, -0.2) is 40.6 Å². The smallest absolute Gasteiger partial charge is 0.341 e. The summed E-state index contributed by atoms with van der Waals surface area (Å²) in [6, 6.07) is 3.43. The van der Waals surface area contributed by atoms with Crippen LogP contribution in [0.2, 0.25) is 0 Å².